The minimum Gasteiger partial charge on any atom is -0.504 e. The number of rotatable bonds is 0. The van der Waals surface area contributed by atoms with Gasteiger partial charge >= 0.3 is 0 Å². The van der Waals surface area contributed by atoms with Gasteiger partial charge in [-0.1, -0.05) is 25.3 Å². The second kappa shape index (κ2) is 10.2. The maximum Gasteiger partial charge on any atom is 0.274 e. The number of hydrogen-bond donors (Lipinski definition) is 4. The molecule has 4 N–H and O–H groups in total. The zero-order valence-electron chi connectivity index (χ0n) is 18.2. The number of carbonyl (C=O) groups is 2. The minimum atomic E-state index is -0.625. The Labute approximate surface area is 190 Å². The van der Waals surface area contributed by atoms with E-state index < -0.39 is 11.7 Å². The largest absolute Gasteiger partial charge is 0.504 e. The molecule has 172 valence electrons. The van der Waals surface area contributed by atoms with E-state index in [4.69, 9.17) is 0 Å². The Morgan fingerprint density at radius 3 is 2.48 bits per heavy atom. The first-order valence-electron chi connectivity index (χ1n) is 11.1. The molecule has 8 nitrogen and oxygen atoms in total. The van der Waals surface area contributed by atoms with Gasteiger partial charge in [0.25, 0.3) is 11.8 Å². The van der Waals surface area contributed by atoms with Crippen molar-refractivity contribution in [2.45, 2.75) is 38.6 Å². The third kappa shape index (κ3) is 5.19. The van der Waals surface area contributed by atoms with Crippen molar-refractivity contribution in [3.63, 3.8) is 0 Å². The van der Waals surface area contributed by atoms with E-state index in [1.807, 2.05) is 0 Å². The van der Waals surface area contributed by atoms with Crippen molar-refractivity contribution in [3.05, 3.63) is 59.2 Å². The fourth-order valence-electron chi connectivity index (χ4n) is 3.87. The van der Waals surface area contributed by atoms with Gasteiger partial charge in [0.1, 0.15) is 17.2 Å². The lowest BCUT2D eigenvalue weighted by Crippen LogP contribution is -2.29. The third-order valence-corrected chi connectivity index (χ3v) is 5.64. The number of hydrogen-bond acceptors (Lipinski definition) is 6. The van der Waals surface area contributed by atoms with Crippen molar-refractivity contribution in [1.82, 2.24) is 20.6 Å². The van der Waals surface area contributed by atoms with Crippen LogP contribution in [0.5, 0.6) is 5.75 Å². The number of amides is 2. The molecule has 33 heavy (non-hydrogen) atoms. The molecule has 3 heterocycles. The summed E-state index contributed by atoms with van der Waals surface area (Å²) in [6, 6.07) is 7.39. The van der Waals surface area contributed by atoms with Crippen molar-refractivity contribution in [1.29, 1.82) is 0 Å². The van der Waals surface area contributed by atoms with E-state index in [1.165, 1.54) is 18.3 Å². The molecule has 0 unspecified atom stereocenters. The second-order valence-corrected chi connectivity index (χ2v) is 7.99. The van der Waals surface area contributed by atoms with E-state index in [-0.39, 0.29) is 35.0 Å². The standard InChI is InChI=1S/C24H26FN5O3/c25-16-9-8-15-14-29-24(33)20-21(31)19-17(7-6-12-26-19)22(30-20)27-10-4-2-1-3-5-11-28-23(32)18(15)13-16/h6-9,12-13,31H,1-5,10-11,14H2,(H,27,30)(H,28,32)(H,29,33). The van der Waals surface area contributed by atoms with E-state index in [1.54, 1.807) is 12.1 Å². The molecule has 0 saturated carbocycles. The number of aromatic hydroxyl groups is 1. The summed E-state index contributed by atoms with van der Waals surface area (Å²) in [4.78, 5) is 34.1. The van der Waals surface area contributed by atoms with Crippen LogP contribution in [0.15, 0.2) is 36.5 Å². The van der Waals surface area contributed by atoms with Crippen LogP contribution in [0.2, 0.25) is 0 Å². The maximum atomic E-state index is 13.8. The predicted octanol–water partition coefficient (Wildman–Crippen LogP) is 3.51. The van der Waals surface area contributed by atoms with Crippen molar-refractivity contribution in [2.24, 2.45) is 0 Å². The SMILES string of the molecule is O=C1NCCCCCCCNc2nc(c(O)c3ncccc23)C(=O)NCc2ccc(F)cc21. The molecule has 0 aliphatic carbocycles. The second-order valence-electron chi connectivity index (χ2n) is 7.99. The van der Waals surface area contributed by atoms with E-state index in [0.717, 1.165) is 38.2 Å². The molecule has 9 heteroatoms. The van der Waals surface area contributed by atoms with Gasteiger partial charge < -0.3 is 21.1 Å². The van der Waals surface area contributed by atoms with Crippen LogP contribution in [0, 0.1) is 5.82 Å². The molecule has 0 atom stereocenters. The van der Waals surface area contributed by atoms with Crippen molar-refractivity contribution in [3.8, 4) is 5.75 Å². The number of benzene rings is 1. The molecular formula is C24H26FN5O3. The molecule has 2 bridgehead atoms. The summed E-state index contributed by atoms with van der Waals surface area (Å²) in [5.74, 6) is -1.39. The summed E-state index contributed by atoms with van der Waals surface area (Å²) >= 11 is 0. The van der Waals surface area contributed by atoms with Gasteiger partial charge in [0.05, 0.1) is 0 Å². The fraction of sp³-hybridized carbons (Fsp3) is 0.333. The van der Waals surface area contributed by atoms with E-state index in [9.17, 15) is 19.1 Å². The highest BCUT2D eigenvalue weighted by molar-refractivity contribution is 6.04. The van der Waals surface area contributed by atoms with Gasteiger partial charge in [-0.05, 0) is 42.7 Å². The van der Waals surface area contributed by atoms with Crippen LogP contribution in [0.4, 0.5) is 10.2 Å². The highest BCUT2D eigenvalue weighted by atomic mass is 19.1. The Morgan fingerprint density at radius 1 is 0.909 bits per heavy atom. The number of carbonyl (C=O) groups excluding carboxylic acids is 2. The molecule has 1 aromatic carbocycles. The molecular weight excluding hydrogens is 425 g/mol. The quantitative estimate of drug-likeness (QED) is 0.416. The van der Waals surface area contributed by atoms with Gasteiger partial charge in [-0.25, -0.2) is 9.37 Å². The summed E-state index contributed by atoms with van der Waals surface area (Å²) < 4.78 is 13.8. The van der Waals surface area contributed by atoms with Crippen molar-refractivity contribution < 1.29 is 19.1 Å². The zero-order chi connectivity index (χ0) is 23.2. The number of halogens is 1. The highest BCUT2D eigenvalue weighted by Gasteiger charge is 2.21. The van der Waals surface area contributed by atoms with Gasteiger partial charge in [0.15, 0.2) is 11.4 Å². The molecule has 1 aliphatic heterocycles. The van der Waals surface area contributed by atoms with E-state index in [0.29, 0.717) is 29.9 Å². The molecule has 1 aliphatic rings. The lowest BCUT2D eigenvalue weighted by Gasteiger charge is -2.15. The van der Waals surface area contributed by atoms with E-state index >= 15 is 0 Å². The lowest BCUT2D eigenvalue weighted by atomic mass is 10.1. The Morgan fingerprint density at radius 2 is 1.67 bits per heavy atom. The number of pyridine rings is 2. The first-order chi connectivity index (χ1) is 16.0. The zero-order valence-corrected chi connectivity index (χ0v) is 18.2. The molecule has 0 spiro atoms. The average molecular weight is 452 g/mol. The van der Waals surface area contributed by atoms with E-state index in [2.05, 4.69) is 25.9 Å². The first kappa shape index (κ1) is 22.4. The number of aromatic nitrogens is 2. The van der Waals surface area contributed by atoms with Crippen molar-refractivity contribution in [2.75, 3.05) is 18.4 Å². The minimum absolute atomic E-state index is 0.0357. The maximum absolute atomic E-state index is 13.8. The lowest BCUT2D eigenvalue weighted by molar-refractivity contribution is 0.0930. The van der Waals surface area contributed by atoms with Crippen LogP contribution >= 0.6 is 0 Å². The molecule has 4 rings (SSSR count). The van der Waals surface area contributed by atoms with Crippen LogP contribution in [-0.4, -0.2) is 40.0 Å². The molecule has 2 aromatic heterocycles. The Bertz CT molecular complexity index is 1180. The Kier molecular flexibility index (Phi) is 6.97. The molecule has 0 radical (unpaired) electrons. The van der Waals surface area contributed by atoms with Gasteiger partial charge in [-0.2, -0.15) is 0 Å². The predicted molar refractivity (Wildman–Crippen MR) is 123 cm³/mol. The van der Waals surface area contributed by atoms with Gasteiger partial charge in [0, 0.05) is 36.8 Å². The molecule has 0 fully saturated rings. The monoisotopic (exact) mass is 451 g/mol. The van der Waals surface area contributed by atoms with Crippen LogP contribution in [0.3, 0.4) is 0 Å². The molecule has 3 aromatic rings. The normalized spacial score (nSPS) is 16.0. The van der Waals surface area contributed by atoms with Crippen LogP contribution < -0.4 is 16.0 Å². The summed E-state index contributed by atoms with van der Waals surface area (Å²) in [5.41, 5.74) is 0.727. The third-order valence-electron chi connectivity index (χ3n) is 5.64. The Hall–Kier alpha value is -3.75. The number of nitrogens with one attached hydrogen (secondary N) is 3. The number of nitrogens with zero attached hydrogens (tertiary/aromatic N) is 2. The topological polar surface area (TPSA) is 116 Å². The first-order valence-corrected chi connectivity index (χ1v) is 11.1. The fourth-order valence-corrected chi connectivity index (χ4v) is 3.87. The Balaban J connectivity index is 1.68. The number of anilines is 1. The smallest absolute Gasteiger partial charge is 0.274 e. The van der Waals surface area contributed by atoms with Gasteiger partial charge in [0.2, 0.25) is 0 Å². The summed E-state index contributed by atoms with van der Waals surface area (Å²) in [6.07, 6.45) is 6.26. The van der Waals surface area contributed by atoms with Gasteiger partial charge in [-0.3, -0.25) is 14.6 Å². The van der Waals surface area contributed by atoms with Crippen molar-refractivity contribution >= 4 is 28.5 Å². The van der Waals surface area contributed by atoms with Gasteiger partial charge in [-0.15, -0.1) is 0 Å². The number of fused-ring (bicyclic) bond motifs is 5. The van der Waals surface area contributed by atoms with Crippen LogP contribution in [-0.2, 0) is 6.54 Å². The summed E-state index contributed by atoms with van der Waals surface area (Å²) in [5, 5.41) is 20.1. The molecule has 2 amide bonds. The average Bonchev–Trinajstić information content (AvgIpc) is 2.82. The highest BCUT2D eigenvalue weighted by Crippen LogP contribution is 2.30. The summed E-state index contributed by atoms with van der Waals surface area (Å²) in [7, 11) is 0. The molecule has 0 saturated heterocycles. The van der Waals surface area contributed by atoms with Crippen LogP contribution in [0.25, 0.3) is 10.9 Å². The summed E-state index contributed by atoms with van der Waals surface area (Å²) in [6.45, 7) is 1.13. The van der Waals surface area contributed by atoms with Crippen LogP contribution in [0.1, 0.15) is 58.5 Å².